The smallest absolute Gasteiger partial charge is 0.221 e. The van der Waals surface area contributed by atoms with Crippen LogP contribution < -0.4 is 4.74 Å². The predicted octanol–water partition coefficient (Wildman–Crippen LogP) is 2.79. The zero-order valence-corrected chi connectivity index (χ0v) is 21.1. The topological polar surface area (TPSA) is 115 Å². The molecule has 1 aromatic heterocycles. The fraction of sp³-hybridized carbons (Fsp3) is 0.607. The van der Waals surface area contributed by atoms with Crippen LogP contribution in [0.25, 0.3) is 0 Å². The van der Waals surface area contributed by atoms with Crippen molar-refractivity contribution in [1.82, 2.24) is 4.98 Å². The fourth-order valence-corrected chi connectivity index (χ4v) is 8.46. The molecule has 37 heavy (non-hydrogen) atoms. The molecule has 5 aliphatic rings. The van der Waals surface area contributed by atoms with Gasteiger partial charge in [0.25, 0.3) is 0 Å². The minimum atomic E-state index is -2.04. The summed E-state index contributed by atoms with van der Waals surface area (Å²) in [6, 6.07) is 3.45. The molecule has 0 bridgehead atoms. The number of ketones is 2. The number of aromatic nitrogens is 1. The number of carbonyl (C=O) groups is 2. The summed E-state index contributed by atoms with van der Waals surface area (Å²) >= 11 is 0. The first-order valence-corrected chi connectivity index (χ1v) is 12.8. The van der Waals surface area contributed by atoms with E-state index in [-0.39, 0.29) is 18.1 Å². The first kappa shape index (κ1) is 24.9. The standard InChI is InChI=1S/C28H32FNO7/c1-25-9-8-16(32)11-15(25)6-7-18-19-12-22-28(21(34)14-31,26(19,2)13-20(33)27(18,25)29)37-24(36-22)17-5-4-10-30-23(17)35-3/h4-5,8-11,18-20,22,24,31,33H,6-7,12-14H2,1-3H3/t18-,19-,20-,22+,24?,25-,26-,27-,28+/m0/s1. The molecule has 0 spiro atoms. The minimum absolute atomic E-state index is 0.0577. The summed E-state index contributed by atoms with van der Waals surface area (Å²) < 4.78 is 35.6. The van der Waals surface area contributed by atoms with Gasteiger partial charge in [-0.2, -0.15) is 0 Å². The van der Waals surface area contributed by atoms with Gasteiger partial charge in [-0.05, 0) is 62.8 Å². The molecule has 0 aromatic carbocycles. The zero-order chi connectivity index (χ0) is 26.4. The van der Waals surface area contributed by atoms with Crippen molar-refractivity contribution in [3.05, 3.63) is 47.7 Å². The van der Waals surface area contributed by atoms with Gasteiger partial charge in [-0.15, -0.1) is 0 Å². The number of hydrogen-bond acceptors (Lipinski definition) is 8. The lowest BCUT2D eigenvalue weighted by atomic mass is 9.44. The Morgan fingerprint density at radius 2 is 2.11 bits per heavy atom. The van der Waals surface area contributed by atoms with E-state index >= 15 is 4.39 Å². The summed E-state index contributed by atoms with van der Waals surface area (Å²) in [6.07, 6.45) is 4.12. The van der Waals surface area contributed by atoms with Crippen LogP contribution in [0.4, 0.5) is 4.39 Å². The van der Waals surface area contributed by atoms with Crippen LogP contribution >= 0.6 is 0 Å². The molecule has 0 amide bonds. The van der Waals surface area contributed by atoms with E-state index in [4.69, 9.17) is 14.2 Å². The Morgan fingerprint density at radius 1 is 1.32 bits per heavy atom. The molecule has 1 aromatic rings. The summed E-state index contributed by atoms with van der Waals surface area (Å²) in [5, 5.41) is 21.6. The highest BCUT2D eigenvalue weighted by Crippen LogP contribution is 2.72. The van der Waals surface area contributed by atoms with Gasteiger partial charge in [-0.3, -0.25) is 9.59 Å². The van der Waals surface area contributed by atoms with Gasteiger partial charge >= 0.3 is 0 Å². The number of Topliss-reactive ketones (excluding diaryl/α,β-unsaturated/α-hetero) is 1. The molecule has 198 valence electrons. The lowest BCUT2D eigenvalue weighted by Gasteiger charge is -2.62. The largest absolute Gasteiger partial charge is 0.481 e. The van der Waals surface area contributed by atoms with Crippen LogP contribution in [0, 0.1) is 22.7 Å². The molecule has 4 fully saturated rings. The summed E-state index contributed by atoms with van der Waals surface area (Å²) in [5.74, 6) is -1.38. The van der Waals surface area contributed by atoms with Crippen LogP contribution in [0.15, 0.2) is 42.1 Å². The van der Waals surface area contributed by atoms with Gasteiger partial charge in [0.1, 0.15) is 6.61 Å². The van der Waals surface area contributed by atoms with Crippen molar-refractivity contribution in [1.29, 1.82) is 0 Å². The second-order valence-corrected chi connectivity index (χ2v) is 11.5. The molecule has 1 aliphatic heterocycles. The lowest BCUT2D eigenvalue weighted by molar-refractivity contribution is -0.231. The van der Waals surface area contributed by atoms with Gasteiger partial charge < -0.3 is 24.4 Å². The highest BCUT2D eigenvalue weighted by molar-refractivity contribution is 6.01. The molecular weight excluding hydrogens is 481 g/mol. The Hall–Kier alpha value is -2.46. The van der Waals surface area contributed by atoms with E-state index in [1.165, 1.54) is 19.3 Å². The third-order valence-corrected chi connectivity index (χ3v) is 10.2. The molecule has 1 unspecified atom stereocenters. The second-order valence-electron chi connectivity index (χ2n) is 11.5. The van der Waals surface area contributed by atoms with Crippen LogP contribution in [0.1, 0.15) is 51.4 Å². The van der Waals surface area contributed by atoms with Crippen molar-refractivity contribution >= 4 is 11.6 Å². The molecular formula is C28H32FNO7. The lowest BCUT2D eigenvalue weighted by Crippen LogP contribution is -2.69. The van der Waals surface area contributed by atoms with Gasteiger partial charge in [-0.1, -0.05) is 18.6 Å². The van der Waals surface area contributed by atoms with E-state index in [0.717, 1.165) is 0 Å². The van der Waals surface area contributed by atoms with Gasteiger partial charge in [-0.25, -0.2) is 9.37 Å². The van der Waals surface area contributed by atoms with E-state index in [0.29, 0.717) is 36.3 Å². The number of allylic oxidation sites excluding steroid dienone is 4. The average Bonchev–Trinajstić information content (AvgIpc) is 3.38. The number of nitrogens with zero attached hydrogens (tertiary/aromatic N) is 1. The third-order valence-electron chi connectivity index (χ3n) is 10.2. The maximum atomic E-state index is 17.4. The van der Waals surface area contributed by atoms with Crippen molar-refractivity contribution in [2.75, 3.05) is 13.7 Å². The van der Waals surface area contributed by atoms with E-state index in [9.17, 15) is 19.8 Å². The van der Waals surface area contributed by atoms with Crippen molar-refractivity contribution in [3.8, 4) is 5.88 Å². The van der Waals surface area contributed by atoms with Crippen molar-refractivity contribution in [2.45, 2.75) is 69.3 Å². The van der Waals surface area contributed by atoms with E-state index < -0.39 is 58.9 Å². The Balaban J connectivity index is 1.43. The van der Waals surface area contributed by atoms with Gasteiger partial charge in [0, 0.05) is 22.9 Å². The summed E-state index contributed by atoms with van der Waals surface area (Å²) in [6.45, 7) is 2.84. The van der Waals surface area contributed by atoms with Crippen LogP contribution in [0.2, 0.25) is 0 Å². The molecule has 8 nitrogen and oxygen atoms in total. The molecule has 2 N–H and O–H groups in total. The number of ether oxygens (including phenoxy) is 3. The van der Waals surface area contributed by atoms with Crippen LogP contribution in [0.5, 0.6) is 5.88 Å². The maximum absolute atomic E-state index is 17.4. The fourth-order valence-electron chi connectivity index (χ4n) is 8.46. The Bertz CT molecular complexity index is 1230. The molecule has 9 heteroatoms. The third kappa shape index (κ3) is 2.89. The number of carbonyl (C=O) groups excluding carboxylic acids is 2. The van der Waals surface area contributed by atoms with Gasteiger partial charge in [0.15, 0.2) is 29.1 Å². The first-order chi connectivity index (χ1) is 17.6. The number of pyridine rings is 1. The maximum Gasteiger partial charge on any atom is 0.221 e. The molecule has 0 radical (unpaired) electrons. The molecule has 9 atom stereocenters. The van der Waals surface area contributed by atoms with E-state index in [1.54, 1.807) is 31.3 Å². The average molecular weight is 514 g/mol. The number of aliphatic hydroxyl groups is 2. The van der Waals surface area contributed by atoms with E-state index in [1.807, 2.05) is 6.92 Å². The molecule has 6 rings (SSSR count). The van der Waals surface area contributed by atoms with Crippen molar-refractivity contribution < 1.29 is 38.4 Å². The Kier molecular flexibility index (Phi) is 5.39. The second kappa shape index (κ2) is 8.02. The van der Waals surface area contributed by atoms with Crippen LogP contribution in [0.3, 0.4) is 0 Å². The molecule has 1 saturated heterocycles. The number of alkyl halides is 1. The van der Waals surface area contributed by atoms with Crippen LogP contribution in [-0.4, -0.2) is 64.0 Å². The molecule has 3 saturated carbocycles. The predicted molar refractivity (Wildman–Crippen MR) is 128 cm³/mol. The highest BCUT2D eigenvalue weighted by atomic mass is 19.1. The Labute approximate surface area is 214 Å². The monoisotopic (exact) mass is 513 g/mol. The number of methoxy groups -OCH3 is 1. The first-order valence-electron chi connectivity index (χ1n) is 12.8. The SMILES string of the molecule is COc1ncccc1C1O[C@@H]2C[C@H]3[C@@H]4CCC5=CC(=O)C=C[C@]5(C)[C@@]4(F)[C@@H](O)C[C@]3(C)[C@]2(C(=O)CO)O1. The van der Waals surface area contributed by atoms with Crippen molar-refractivity contribution in [2.24, 2.45) is 22.7 Å². The summed E-state index contributed by atoms with van der Waals surface area (Å²) in [7, 11) is 1.48. The quantitative estimate of drug-likeness (QED) is 0.632. The van der Waals surface area contributed by atoms with E-state index in [2.05, 4.69) is 4.98 Å². The highest BCUT2D eigenvalue weighted by Gasteiger charge is 2.79. The number of halogens is 1. The van der Waals surface area contributed by atoms with Gasteiger partial charge in [0.05, 0.1) is 24.9 Å². The minimum Gasteiger partial charge on any atom is -0.481 e. The summed E-state index contributed by atoms with van der Waals surface area (Å²) in [5.41, 5.74) is -4.55. The number of rotatable bonds is 4. The van der Waals surface area contributed by atoms with Gasteiger partial charge in [0.2, 0.25) is 5.88 Å². The normalized spacial score (nSPS) is 45.9. The molecule has 2 heterocycles. The number of hydrogen-bond donors (Lipinski definition) is 2. The summed E-state index contributed by atoms with van der Waals surface area (Å²) in [4.78, 5) is 29.8. The van der Waals surface area contributed by atoms with Crippen LogP contribution in [-0.2, 0) is 19.1 Å². The number of fused-ring (bicyclic) bond motifs is 7. The molecule has 4 aliphatic carbocycles. The zero-order valence-electron chi connectivity index (χ0n) is 21.1. The Morgan fingerprint density at radius 3 is 2.84 bits per heavy atom. The number of aliphatic hydroxyl groups excluding tert-OH is 2. The van der Waals surface area contributed by atoms with Crippen molar-refractivity contribution in [3.63, 3.8) is 0 Å².